The molecule has 1 aromatic rings. The molecule has 0 radical (unpaired) electrons. The van der Waals surface area contributed by atoms with Crippen molar-refractivity contribution in [2.45, 2.75) is 20.3 Å². The lowest BCUT2D eigenvalue weighted by molar-refractivity contribution is 0.0954. The van der Waals surface area contributed by atoms with E-state index >= 15 is 0 Å². The number of hydrogen-bond acceptors (Lipinski definition) is 1. The second kappa shape index (κ2) is 6.19. The summed E-state index contributed by atoms with van der Waals surface area (Å²) < 4.78 is 0. The molecule has 0 saturated heterocycles. The van der Waals surface area contributed by atoms with Gasteiger partial charge in [0.05, 0.1) is 10.6 Å². The summed E-state index contributed by atoms with van der Waals surface area (Å²) in [6, 6.07) is 5.38. The van der Waals surface area contributed by atoms with E-state index in [1.54, 1.807) is 19.1 Å². The number of amides is 1. The molecule has 0 heterocycles. The summed E-state index contributed by atoms with van der Waals surface area (Å²) in [4.78, 5) is 11.7. The van der Waals surface area contributed by atoms with E-state index in [1.165, 1.54) is 0 Å². The summed E-state index contributed by atoms with van der Waals surface area (Å²) in [5.74, 6) is 5.50. The fourth-order valence-electron chi connectivity index (χ4n) is 1.26. The maximum Gasteiger partial charge on any atom is 0.252 e. The molecule has 0 spiro atoms. The van der Waals surface area contributed by atoms with E-state index in [2.05, 4.69) is 17.2 Å². The van der Waals surface area contributed by atoms with Gasteiger partial charge in [0.25, 0.3) is 5.91 Å². The fourth-order valence-corrected chi connectivity index (χ4v) is 1.58. The summed E-state index contributed by atoms with van der Waals surface area (Å²) in [5.41, 5.74) is 1.55. The van der Waals surface area contributed by atoms with Crippen LogP contribution in [-0.2, 0) is 0 Å². The van der Waals surface area contributed by atoms with Crippen molar-refractivity contribution in [3.05, 3.63) is 34.3 Å². The first-order valence-electron chi connectivity index (χ1n) is 5.09. The molecule has 84 valence electrons. The van der Waals surface area contributed by atoms with Crippen molar-refractivity contribution in [3.8, 4) is 11.8 Å². The summed E-state index contributed by atoms with van der Waals surface area (Å²) in [6.07, 6.45) is 0.658. The molecule has 0 bridgehead atoms. The highest BCUT2D eigenvalue weighted by Gasteiger charge is 2.08. The van der Waals surface area contributed by atoms with E-state index in [0.717, 1.165) is 5.56 Å². The molecule has 16 heavy (non-hydrogen) atoms. The van der Waals surface area contributed by atoms with Gasteiger partial charge in [-0.2, -0.15) is 0 Å². The van der Waals surface area contributed by atoms with Crippen LogP contribution in [0.1, 0.15) is 29.3 Å². The second-order valence-corrected chi connectivity index (χ2v) is 3.82. The Morgan fingerprint density at radius 3 is 2.88 bits per heavy atom. The van der Waals surface area contributed by atoms with Crippen molar-refractivity contribution in [2.24, 2.45) is 0 Å². The van der Waals surface area contributed by atoms with Crippen molar-refractivity contribution in [1.29, 1.82) is 0 Å². The maximum absolute atomic E-state index is 11.7. The van der Waals surface area contributed by atoms with Gasteiger partial charge >= 0.3 is 0 Å². The average Bonchev–Trinajstić information content (AvgIpc) is 2.24. The highest BCUT2D eigenvalue weighted by molar-refractivity contribution is 6.33. The minimum absolute atomic E-state index is 0.150. The van der Waals surface area contributed by atoms with Crippen LogP contribution in [0.25, 0.3) is 0 Å². The fraction of sp³-hybridized carbons (Fsp3) is 0.308. The third-order valence-corrected chi connectivity index (χ3v) is 2.39. The van der Waals surface area contributed by atoms with Crippen molar-refractivity contribution < 1.29 is 4.79 Å². The van der Waals surface area contributed by atoms with Gasteiger partial charge in [-0.3, -0.25) is 4.79 Å². The molecule has 0 unspecified atom stereocenters. The van der Waals surface area contributed by atoms with Crippen molar-refractivity contribution in [1.82, 2.24) is 5.32 Å². The molecule has 0 aromatic heterocycles. The molecule has 0 atom stereocenters. The molecule has 1 amide bonds. The van der Waals surface area contributed by atoms with Crippen molar-refractivity contribution in [2.75, 3.05) is 6.54 Å². The molecule has 0 aliphatic heterocycles. The molecule has 0 saturated carbocycles. The van der Waals surface area contributed by atoms with Gasteiger partial charge in [0.15, 0.2) is 0 Å². The first kappa shape index (κ1) is 12.6. The largest absolute Gasteiger partial charge is 0.351 e. The zero-order chi connectivity index (χ0) is 12.0. The van der Waals surface area contributed by atoms with Crippen LogP contribution in [0.4, 0.5) is 0 Å². The lowest BCUT2D eigenvalue weighted by Gasteiger charge is -2.05. The Morgan fingerprint density at radius 2 is 2.25 bits per heavy atom. The van der Waals surface area contributed by atoms with Crippen LogP contribution in [0.2, 0.25) is 5.02 Å². The summed E-state index contributed by atoms with van der Waals surface area (Å²) >= 11 is 5.98. The highest BCUT2D eigenvalue weighted by atomic mass is 35.5. The van der Waals surface area contributed by atoms with Gasteiger partial charge in [0.1, 0.15) is 0 Å². The van der Waals surface area contributed by atoms with Crippen LogP contribution in [0.5, 0.6) is 0 Å². The Kier molecular flexibility index (Phi) is 4.88. The number of aryl methyl sites for hydroxylation is 1. The van der Waals surface area contributed by atoms with Crippen LogP contribution >= 0.6 is 11.6 Å². The lowest BCUT2D eigenvalue weighted by Crippen LogP contribution is -2.24. The first-order chi connectivity index (χ1) is 7.65. The summed E-state index contributed by atoms with van der Waals surface area (Å²) in [7, 11) is 0. The summed E-state index contributed by atoms with van der Waals surface area (Å²) in [6.45, 7) is 4.26. The minimum atomic E-state index is -0.150. The Morgan fingerprint density at radius 1 is 1.50 bits per heavy atom. The Hall–Kier alpha value is -1.46. The normalized spacial score (nSPS) is 9.19. The van der Waals surface area contributed by atoms with E-state index < -0.39 is 0 Å². The first-order valence-corrected chi connectivity index (χ1v) is 5.47. The van der Waals surface area contributed by atoms with Gasteiger partial charge in [-0.25, -0.2) is 0 Å². The van der Waals surface area contributed by atoms with Gasteiger partial charge in [0, 0.05) is 13.0 Å². The summed E-state index contributed by atoms with van der Waals surface area (Å²) in [5, 5.41) is 3.25. The smallest absolute Gasteiger partial charge is 0.252 e. The quantitative estimate of drug-likeness (QED) is 0.634. The average molecular weight is 236 g/mol. The maximum atomic E-state index is 11.7. The van der Waals surface area contributed by atoms with E-state index in [4.69, 9.17) is 11.6 Å². The molecule has 1 N–H and O–H groups in total. The molecule has 2 nitrogen and oxygen atoms in total. The monoisotopic (exact) mass is 235 g/mol. The molecule has 0 aliphatic rings. The Bertz CT molecular complexity index is 443. The predicted octanol–water partition coefficient (Wildman–Crippen LogP) is 2.79. The number of benzene rings is 1. The van der Waals surface area contributed by atoms with Crippen LogP contribution in [0.3, 0.4) is 0 Å². The topological polar surface area (TPSA) is 29.1 Å². The molecule has 1 rings (SSSR count). The predicted molar refractivity (Wildman–Crippen MR) is 66.6 cm³/mol. The van der Waals surface area contributed by atoms with E-state index in [0.29, 0.717) is 23.6 Å². The third-order valence-electron chi connectivity index (χ3n) is 2.08. The zero-order valence-electron chi connectivity index (χ0n) is 9.43. The molecular weight excluding hydrogens is 222 g/mol. The lowest BCUT2D eigenvalue weighted by atomic mass is 10.1. The van der Waals surface area contributed by atoms with Crippen LogP contribution < -0.4 is 5.32 Å². The molecule has 1 aromatic carbocycles. The third kappa shape index (κ3) is 3.60. The molecule has 0 fully saturated rings. The SMILES string of the molecule is CC#CCCNC(=O)c1ccc(C)cc1Cl. The number of nitrogens with one attached hydrogen (secondary N) is 1. The van der Waals surface area contributed by atoms with Crippen molar-refractivity contribution >= 4 is 17.5 Å². The van der Waals surface area contributed by atoms with Gasteiger partial charge in [-0.05, 0) is 31.5 Å². The Balaban J connectivity index is 2.61. The zero-order valence-corrected chi connectivity index (χ0v) is 10.2. The van der Waals surface area contributed by atoms with Crippen LogP contribution in [0.15, 0.2) is 18.2 Å². The standard InChI is InChI=1S/C13H14ClNO/c1-3-4-5-8-15-13(16)11-7-6-10(2)9-12(11)14/h6-7,9H,5,8H2,1-2H3,(H,15,16). The number of carbonyl (C=O) groups is 1. The van der Waals surface area contributed by atoms with Crippen molar-refractivity contribution in [3.63, 3.8) is 0 Å². The minimum Gasteiger partial charge on any atom is -0.351 e. The number of rotatable bonds is 3. The van der Waals surface area contributed by atoms with Crippen LogP contribution in [0, 0.1) is 18.8 Å². The van der Waals surface area contributed by atoms with E-state index in [9.17, 15) is 4.79 Å². The van der Waals surface area contributed by atoms with E-state index in [-0.39, 0.29) is 5.91 Å². The number of carbonyl (C=O) groups excluding carboxylic acids is 1. The van der Waals surface area contributed by atoms with E-state index in [1.807, 2.05) is 13.0 Å². The van der Waals surface area contributed by atoms with Gasteiger partial charge in [-0.15, -0.1) is 11.8 Å². The Labute approximate surface area is 101 Å². The number of hydrogen-bond donors (Lipinski definition) is 1. The molecule has 3 heteroatoms. The molecular formula is C13H14ClNO. The van der Waals surface area contributed by atoms with Gasteiger partial charge in [-0.1, -0.05) is 17.7 Å². The van der Waals surface area contributed by atoms with Crippen LogP contribution in [-0.4, -0.2) is 12.5 Å². The second-order valence-electron chi connectivity index (χ2n) is 3.42. The van der Waals surface area contributed by atoms with Gasteiger partial charge in [0.2, 0.25) is 0 Å². The molecule has 0 aliphatic carbocycles. The number of halogens is 1. The van der Waals surface area contributed by atoms with Gasteiger partial charge < -0.3 is 5.32 Å². The highest BCUT2D eigenvalue weighted by Crippen LogP contribution is 2.17.